The summed E-state index contributed by atoms with van der Waals surface area (Å²) in [7, 11) is 0. The first-order valence-electron chi connectivity index (χ1n) is 4.97. The maximum Gasteiger partial charge on any atom is 0.0794 e. The fourth-order valence-corrected chi connectivity index (χ4v) is 1.91. The minimum atomic E-state index is 0.530. The Morgan fingerprint density at radius 2 is 2.15 bits per heavy atom. The van der Waals surface area contributed by atoms with Gasteiger partial charge in [-0.25, -0.2) is 0 Å². The van der Waals surface area contributed by atoms with Crippen LogP contribution in [0.4, 0.5) is 5.69 Å². The van der Waals surface area contributed by atoms with Gasteiger partial charge in [-0.15, -0.1) is 0 Å². The molecule has 1 heterocycles. The van der Waals surface area contributed by atoms with Gasteiger partial charge >= 0.3 is 0 Å². The fraction of sp³-hybridized carbons (Fsp3) is 0.455. The van der Waals surface area contributed by atoms with Crippen molar-refractivity contribution in [2.75, 3.05) is 18.0 Å². The molecular weight excluding hydrogens is 160 g/mol. The molecule has 0 bridgehead atoms. The highest BCUT2D eigenvalue weighted by Crippen LogP contribution is 2.18. The molecule has 13 heavy (non-hydrogen) atoms. The quantitative estimate of drug-likeness (QED) is 0.739. The molecular formula is C11H16N2. The Morgan fingerprint density at radius 3 is 2.85 bits per heavy atom. The third-order valence-corrected chi connectivity index (χ3v) is 2.58. The van der Waals surface area contributed by atoms with Crippen molar-refractivity contribution in [1.29, 1.82) is 0 Å². The van der Waals surface area contributed by atoms with E-state index in [-0.39, 0.29) is 0 Å². The van der Waals surface area contributed by atoms with E-state index >= 15 is 0 Å². The van der Waals surface area contributed by atoms with Crippen LogP contribution >= 0.6 is 0 Å². The van der Waals surface area contributed by atoms with E-state index in [1.165, 1.54) is 5.69 Å². The molecule has 0 radical (unpaired) electrons. The lowest BCUT2D eigenvalue weighted by Gasteiger charge is -2.25. The number of nitrogens with zero attached hydrogens (tertiary/aromatic N) is 1. The summed E-state index contributed by atoms with van der Waals surface area (Å²) in [5.74, 6) is 0. The van der Waals surface area contributed by atoms with Gasteiger partial charge in [-0.05, 0) is 18.6 Å². The summed E-state index contributed by atoms with van der Waals surface area (Å²) in [5, 5.41) is 3.48. The van der Waals surface area contributed by atoms with Crippen molar-refractivity contribution < 1.29 is 0 Å². The van der Waals surface area contributed by atoms with Crippen LogP contribution in [0.5, 0.6) is 0 Å². The minimum Gasteiger partial charge on any atom is -0.355 e. The van der Waals surface area contributed by atoms with Crippen LogP contribution in [0, 0.1) is 0 Å². The van der Waals surface area contributed by atoms with E-state index in [4.69, 9.17) is 0 Å². The minimum absolute atomic E-state index is 0.530. The highest BCUT2D eigenvalue weighted by Gasteiger charge is 2.21. The number of hydrogen-bond acceptors (Lipinski definition) is 2. The number of para-hydroxylation sites is 1. The zero-order chi connectivity index (χ0) is 9.10. The van der Waals surface area contributed by atoms with Crippen LogP contribution in [0.1, 0.15) is 13.3 Å². The number of hydrogen-bond donors (Lipinski definition) is 1. The van der Waals surface area contributed by atoms with Crippen LogP contribution in [0.3, 0.4) is 0 Å². The smallest absolute Gasteiger partial charge is 0.0794 e. The molecule has 0 spiro atoms. The molecule has 1 aromatic carbocycles. The molecule has 0 aromatic heterocycles. The topological polar surface area (TPSA) is 15.3 Å². The lowest BCUT2D eigenvalue weighted by atomic mass is 10.2. The first-order valence-corrected chi connectivity index (χ1v) is 4.97. The number of anilines is 1. The van der Waals surface area contributed by atoms with E-state index in [0.717, 1.165) is 19.5 Å². The summed E-state index contributed by atoms with van der Waals surface area (Å²) in [6.07, 6.45) is 1.69. The average Bonchev–Trinajstić information content (AvgIpc) is 2.67. The molecule has 1 fully saturated rings. The van der Waals surface area contributed by atoms with Crippen LogP contribution in [-0.4, -0.2) is 19.3 Å². The summed E-state index contributed by atoms with van der Waals surface area (Å²) in [6.45, 7) is 4.45. The normalized spacial score (nSPS) is 22.2. The molecule has 1 aromatic rings. The van der Waals surface area contributed by atoms with Crippen LogP contribution < -0.4 is 10.2 Å². The Balaban J connectivity index is 2.16. The monoisotopic (exact) mass is 176 g/mol. The number of benzene rings is 1. The SMILES string of the molecule is CCC1NCCN1c1ccccc1. The number of rotatable bonds is 2. The van der Waals surface area contributed by atoms with E-state index in [9.17, 15) is 0 Å². The van der Waals surface area contributed by atoms with Gasteiger partial charge in [-0.3, -0.25) is 5.32 Å². The first kappa shape index (κ1) is 8.57. The molecule has 1 aliphatic heterocycles. The van der Waals surface area contributed by atoms with Crippen LogP contribution in [0.2, 0.25) is 0 Å². The molecule has 0 aliphatic carbocycles. The van der Waals surface area contributed by atoms with Gasteiger partial charge in [0.25, 0.3) is 0 Å². The van der Waals surface area contributed by atoms with Crippen molar-refractivity contribution in [3.8, 4) is 0 Å². The van der Waals surface area contributed by atoms with Crippen LogP contribution in [-0.2, 0) is 0 Å². The standard InChI is InChI=1S/C11H16N2/c1-2-11-12-8-9-13(11)10-6-4-3-5-7-10/h3-7,11-12H,2,8-9H2,1H3. The van der Waals surface area contributed by atoms with E-state index in [1.54, 1.807) is 0 Å². The third-order valence-electron chi connectivity index (χ3n) is 2.58. The van der Waals surface area contributed by atoms with Gasteiger partial charge in [0.15, 0.2) is 0 Å². The van der Waals surface area contributed by atoms with Gasteiger partial charge in [0.1, 0.15) is 0 Å². The molecule has 2 heteroatoms. The van der Waals surface area contributed by atoms with Gasteiger partial charge in [0.05, 0.1) is 6.17 Å². The lowest BCUT2D eigenvalue weighted by Crippen LogP contribution is -2.34. The second-order valence-corrected chi connectivity index (χ2v) is 3.41. The van der Waals surface area contributed by atoms with Crippen molar-refractivity contribution in [3.63, 3.8) is 0 Å². The Labute approximate surface area is 79.6 Å². The van der Waals surface area contributed by atoms with Crippen LogP contribution in [0.15, 0.2) is 30.3 Å². The molecule has 1 aliphatic rings. The summed E-state index contributed by atoms with van der Waals surface area (Å²) >= 11 is 0. The molecule has 70 valence electrons. The second-order valence-electron chi connectivity index (χ2n) is 3.41. The summed E-state index contributed by atoms with van der Waals surface area (Å²) in [4.78, 5) is 2.43. The Kier molecular flexibility index (Phi) is 2.50. The zero-order valence-corrected chi connectivity index (χ0v) is 8.03. The molecule has 1 unspecified atom stereocenters. The molecule has 0 amide bonds. The van der Waals surface area contributed by atoms with Gasteiger partial charge in [0.2, 0.25) is 0 Å². The largest absolute Gasteiger partial charge is 0.355 e. The predicted octanol–water partition coefficient (Wildman–Crippen LogP) is 1.83. The van der Waals surface area contributed by atoms with Crippen molar-refractivity contribution in [3.05, 3.63) is 30.3 Å². The van der Waals surface area contributed by atoms with Gasteiger partial charge in [0, 0.05) is 18.8 Å². The Hall–Kier alpha value is -1.02. The molecule has 2 nitrogen and oxygen atoms in total. The molecule has 0 saturated carbocycles. The summed E-state index contributed by atoms with van der Waals surface area (Å²) in [6, 6.07) is 10.6. The van der Waals surface area contributed by atoms with E-state index in [0.29, 0.717) is 6.17 Å². The van der Waals surface area contributed by atoms with Gasteiger partial charge in [-0.1, -0.05) is 25.1 Å². The van der Waals surface area contributed by atoms with Crippen molar-refractivity contribution in [1.82, 2.24) is 5.32 Å². The number of nitrogens with one attached hydrogen (secondary N) is 1. The van der Waals surface area contributed by atoms with Gasteiger partial charge in [-0.2, -0.15) is 0 Å². The van der Waals surface area contributed by atoms with Crippen molar-refractivity contribution in [2.24, 2.45) is 0 Å². The van der Waals surface area contributed by atoms with Crippen molar-refractivity contribution >= 4 is 5.69 Å². The third kappa shape index (κ3) is 1.68. The Bertz CT molecular complexity index is 258. The van der Waals surface area contributed by atoms with Gasteiger partial charge < -0.3 is 4.90 Å². The average molecular weight is 176 g/mol. The van der Waals surface area contributed by atoms with E-state index in [2.05, 4.69) is 47.5 Å². The molecule has 1 N–H and O–H groups in total. The summed E-state index contributed by atoms with van der Waals surface area (Å²) < 4.78 is 0. The predicted molar refractivity (Wildman–Crippen MR) is 55.9 cm³/mol. The van der Waals surface area contributed by atoms with Crippen LogP contribution in [0.25, 0.3) is 0 Å². The Morgan fingerprint density at radius 1 is 1.38 bits per heavy atom. The van der Waals surface area contributed by atoms with Crippen molar-refractivity contribution in [2.45, 2.75) is 19.5 Å². The highest BCUT2D eigenvalue weighted by molar-refractivity contribution is 5.47. The molecule has 2 rings (SSSR count). The zero-order valence-electron chi connectivity index (χ0n) is 8.03. The second kappa shape index (κ2) is 3.79. The maximum absolute atomic E-state index is 3.48. The maximum atomic E-state index is 3.48. The molecule has 1 atom stereocenters. The summed E-state index contributed by atoms with van der Waals surface area (Å²) in [5.41, 5.74) is 1.33. The fourth-order valence-electron chi connectivity index (χ4n) is 1.91. The highest BCUT2D eigenvalue weighted by atomic mass is 15.3. The molecule has 1 saturated heterocycles. The first-order chi connectivity index (χ1) is 6.42. The lowest BCUT2D eigenvalue weighted by molar-refractivity contribution is 0.586. The van der Waals surface area contributed by atoms with E-state index < -0.39 is 0 Å². The van der Waals surface area contributed by atoms with E-state index in [1.807, 2.05) is 0 Å².